The maximum Gasteiger partial charge on any atom is 0.141 e. The highest BCUT2D eigenvalue weighted by Gasteiger charge is 2.10. The third-order valence-corrected chi connectivity index (χ3v) is 3.81. The summed E-state index contributed by atoms with van der Waals surface area (Å²) in [6, 6.07) is 12.8. The van der Waals surface area contributed by atoms with E-state index >= 15 is 0 Å². The van der Waals surface area contributed by atoms with Crippen LogP contribution in [0.4, 0.5) is 0 Å². The van der Waals surface area contributed by atoms with Crippen molar-refractivity contribution >= 4 is 29.0 Å². The van der Waals surface area contributed by atoms with E-state index in [-0.39, 0.29) is 12.2 Å². The number of ketones is 1. The molecule has 0 radical (unpaired) electrons. The molecule has 0 fully saturated rings. The van der Waals surface area contributed by atoms with Gasteiger partial charge in [0.2, 0.25) is 0 Å². The van der Waals surface area contributed by atoms with Gasteiger partial charge in [-0.1, -0.05) is 47.5 Å². The second kappa shape index (κ2) is 6.78. The maximum absolute atomic E-state index is 12.1. The van der Waals surface area contributed by atoms with Gasteiger partial charge in [-0.05, 0) is 29.3 Å². The number of methoxy groups -OCH3 is 1. The van der Waals surface area contributed by atoms with Gasteiger partial charge in [-0.15, -0.1) is 0 Å². The molecule has 0 amide bonds. The summed E-state index contributed by atoms with van der Waals surface area (Å²) in [5, 5.41) is 0.923. The zero-order valence-corrected chi connectivity index (χ0v) is 12.5. The first-order valence-corrected chi connectivity index (χ1v) is 6.93. The third kappa shape index (κ3) is 3.75. The number of rotatable bonds is 5. The summed E-state index contributed by atoms with van der Waals surface area (Å²) in [4.78, 5) is 12.1. The Kier molecular flexibility index (Phi) is 5.05. The monoisotopic (exact) mass is 308 g/mol. The molecule has 104 valence electrons. The van der Waals surface area contributed by atoms with Crippen molar-refractivity contribution in [3.8, 4) is 5.75 Å². The summed E-state index contributed by atoms with van der Waals surface area (Å²) in [6.07, 6.45) is 0.622. The van der Waals surface area contributed by atoms with Crippen molar-refractivity contribution in [2.45, 2.75) is 12.8 Å². The van der Waals surface area contributed by atoms with Crippen LogP contribution < -0.4 is 4.74 Å². The van der Waals surface area contributed by atoms with E-state index in [1.165, 1.54) is 0 Å². The van der Waals surface area contributed by atoms with Gasteiger partial charge in [-0.2, -0.15) is 0 Å². The van der Waals surface area contributed by atoms with E-state index in [9.17, 15) is 4.79 Å². The highest BCUT2D eigenvalue weighted by atomic mass is 35.5. The molecule has 2 rings (SSSR count). The largest absolute Gasteiger partial charge is 0.497 e. The van der Waals surface area contributed by atoms with Crippen LogP contribution in [-0.2, 0) is 17.6 Å². The average Bonchev–Trinajstić information content (AvgIpc) is 2.44. The van der Waals surface area contributed by atoms with Gasteiger partial charge in [0.05, 0.1) is 17.2 Å². The lowest BCUT2D eigenvalue weighted by molar-refractivity contribution is -0.117. The van der Waals surface area contributed by atoms with E-state index in [0.717, 1.165) is 16.9 Å². The van der Waals surface area contributed by atoms with Crippen LogP contribution in [0.25, 0.3) is 0 Å². The lowest BCUT2D eigenvalue weighted by atomic mass is 10.0. The van der Waals surface area contributed by atoms with E-state index in [2.05, 4.69) is 0 Å². The minimum absolute atomic E-state index is 0.0856. The van der Waals surface area contributed by atoms with Crippen LogP contribution in [0.5, 0.6) is 5.75 Å². The molecule has 2 nitrogen and oxygen atoms in total. The van der Waals surface area contributed by atoms with Crippen molar-refractivity contribution in [1.29, 1.82) is 0 Å². The highest BCUT2D eigenvalue weighted by Crippen LogP contribution is 2.26. The Morgan fingerprint density at radius 3 is 2.60 bits per heavy atom. The number of carbonyl (C=O) groups is 1. The summed E-state index contributed by atoms with van der Waals surface area (Å²) in [5.41, 5.74) is 1.68. The molecule has 0 atom stereocenters. The third-order valence-electron chi connectivity index (χ3n) is 2.95. The Morgan fingerprint density at radius 1 is 1.10 bits per heavy atom. The van der Waals surface area contributed by atoms with Crippen LogP contribution in [0.15, 0.2) is 42.5 Å². The van der Waals surface area contributed by atoms with E-state index in [1.807, 2.05) is 30.3 Å². The van der Waals surface area contributed by atoms with Crippen LogP contribution in [-0.4, -0.2) is 12.9 Å². The SMILES string of the molecule is COc1cccc(CC(=O)Cc2cccc(Cl)c2Cl)c1. The van der Waals surface area contributed by atoms with Crippen molar-refractivity contribution < 1.29 is 9.53 Å². The van der Waals surface area contributed by atoms with Gasteiger partial charge >= 0.3 is 0 Å². The first-order chi connectivity index (χ1) is 9.60. The predicted octanol–water partition coefficient (Wildman–Crippen LogP) is 4.36. The molecule has 0 aliphatic heterocycles. The Bertz CT molecular complexity index is 624. The topological polar surface area (TPSA) is 26.3 Å². The van der Waals surface area contributed by atoms with Crippen LogP contribution in [0.1, 0.15) is 11.1 Å². The molecule has 0 aliphatic carbocycles. The zero-order chi connectivity index (χ0) is 14.5. The summed E-state index contributed by atoms with van der Waals surface area (Å²) in [6.45, 7) is 0. The minimum Gasteiger partial charge on any atom is -0.497 e. The molecule has 0 saturated heterocycles. The second-order valence-electron chi connectivity index (χ2n) is 4.46. The number of halogens is 2. The molecule has 2 aromatic rings. The number of ether oxygens (including phenoxy) is 1. The van der Waals surface area contributed by atoms with Crippen molar-refractivity contribution in [2.24, 2.45) is 0 Å². The van der Waals surface area contributed by atoms with Crippen molar-refractivity contribution in [2.75, 3.05) is 7.11 Å². The van der Waals surface area contributed by atoms with Gasteiger partial charge in [0.25, 0.3) is 0 Å². The first-order valence-electron chi connectivity index (χ1n) is 6.17. The van der Waals surface area contributed by atoms with Crippen LogP contribution in [0.3, 0.4) is 0 Å². The second-order valence-corrected chi connectivity index (χ2v) is 5.24. The molecule has 0 N–H and O–H groups in total. The quantitative estimate of drug-likeness (QED) is 0.820. The molecule has 0 bridgehead atoms. The molecule has 0 aliphatic rings. The molecule has 0 spiro atoms. The summed E-state index contributed by atoms with van der Waals surface area (Å²) in [7, 11) is 1.60. The normalized spacial score (nSPS) is 10.3. The van der Waals surface area contributed by atoms with Gasteiger partial charge in [-0.3, -0.25) is 4.79 Å². The molecular formula is C16H14Cl2O2. The van der Waals surface area contributed by atoms with Crippen molar-refractivity contribution in [3.63, 3.8) is 0 Å². The van der Waals surface area contributed by atoms with Crippen LogP contribution in [0, 0.1) is 0 Å². The molecule has 0 aromatic heterocycles. The number of benzene rings is 2. The number of hydrogen-bond donors (Lipinski definition) is 0. The minimum atomic E-state index is 0.0856. The molecule has 0 heterocycles. The predicted molar refractivity (Wildman–Crippen MR) is 81.9 cm³/mol. The molecule has 0 unspecified atom stereocenters. The summed E-state index contributed by atoms with van der Waals surface area (Å²) < 4.78 is 5.14. The van der Waals surface area contributed by atoms with Crippen LogP contribution in [0.2, 0.25) is 10.0 Å². The Labute approximate surface area is 128 Å². The Balaban J connectivity index is 2.07. The van der Waals surface area contributed by atoms with E-state index < -0.39 is 0 Å². The molecular weight excluding hydrogens is 295 g/mol. The molecule has 0 saturated carbocycles. The lowest BCUT2D eigenvalue weighted by Gasteiger charge is -2.06. The standard InChI is InChI=1S/C16H14Cl2O2/c1-20-14-6-2-4-11(9-14)8-13(19)10-12-5-3-7-15(17)16(12)18/h2-7,9H,8,10H2,1H3. The molecule has 2 aromatic carbocycles. The Hall–Kier alpha value is -1.51. The maximum atomic E-state index is 12.1. The Morgan fingerprint density at radius 2 is 1.85 bits per heavy atom. The first kappa shape index (κ1) is 14.9. The number of carbonyl (C=O) groups excluding carboxylic acids is 1. The van der Waals surface area contributed by atoms with Crippen molar-refractivity contribution in [3.05, 3.63) is 63.6 Å². The van der Waals surface area contributed by atoms with Crippen molar-refractivity contribution in [1.82, 2.24) is 0 Å². The summed E-state index contributed by atoms with van der Waals surface area (Å²) in [5.74, 6) is 0.832. The van der Waals surface area contributed by atoms with Gasteiger partial charge in [0.1, 0.15) is 11.5 Å². The lowest BCUT2D eigenvalue weighted by Crippen LogP contribution is -2.07. The van der Waals surface area contributed by atoms with Gasteiger partial charge < -0.3 is 4.74 Å². The van der Waals surface area contributed by atoms with E-state index in [0.29, 0.717) is 16.5 Å². The number of hydrogen-bond acceptors (Lipinski definition) is 2. The number of Topliss-reactive ketones (excluding diaryl/α,β-unsaturated/α-hetero) is 1. The van der Waals surface area contributed by atoms with Crippen LogP contribution >= 0.6 is 23.2 Å². The smallest absolute Gasteiger partial charge is 0.141 e. The fourth-order valence-electron chi connectivity index (χ4n) is 1.97. The van der Waals surface area contributed by atoms with Gasteiger partial charge in [0, 0.05) is 12.8 Å². The summed E-state index contributed by atoms with van der Waals surface area (Å²) >= 11 is 12.0. The fraction of sp³-hybridized carbons (Fsp3) is 0.188. The molecule has 4 heteroatoms. The highest BCUT2D eigenvalue weighted by molar-refractivity contribution is 6.42. The zero-order valence-electron chi connectivity index (χ0n) is 11.0. The van der Waals surface area contributed by atoms with E-state index in [1.54, 1.807) is 19.2 Å². The van der Waals surface area contributed by atoms with Gasteiger partial charge in [-0.25, -0.2) is 0 Å². The van der Waals surface area contributed by atoms with E-state index in [4.69, 9.17) is 27.9 Å². The molecule has 20 heavy (non-hydrogen) atoms. The van der Waals surface area contributed by atoms with Gasteiger partial charge in [0.15, 0.2) is 0 Å². The fourth-order valence-corrected chi connectivity index (χ4v) is 2.36. The average molecular weight is 309 g/mol.